The third-order valence-electron chi connectivity index (χ3n) is 1.36. The Morgan fingerprint density at radius 1 is 1.53 bits per heavy atom. The number of nitrogens with zero attached hydrogens (tertiary/aromatic N) is 1. The number of hydrogen-bond acceptors (Lipinski definition) is 5. The first kappa shape index (κ1) is 13.3. The molecule has 0 fully saturated rings. The molecule has 0 radical (unpaired) electrons. The minimum atomic E-state index is -0.460. The number of hydrogen-bond donors (Lipinski definition) is 2. The van der Waals surface area contributed by atoms with E-state index in [-0.39, 0.29) is 12.3 Å². The summed E-state index contributed by atoms with van der Waals surface area (Å²) in [4.78, 5) is 9.72. The van der Waals surface area contributed by atoms with Crippen LogP contribution in [0.3, 0.4) is 0 Å². The molecule has 6 heteroatoms. The number of aliphatic hydroxyl groups is 1. The Labute approximate surface area is 87.4 Å². The normalized spacial score (nSPS) is 9.33. The predicted octanol–water partition coefficient (Wildman–Crippen LogP) is 1.27. The molecule has 0 spiro atoms. The lowest BCUT2D eigenvalue weighted by Gasteiger charge is -2.14. The molecule has 1 aromatic rings. The largest absolute Gasteiger partial charge is 0.450 e. The maximum Gasteiger partial charge on any atom is 0.311 e. The maximum atomic E-state index is 10.2. The second-order valence-corrected chi connectivity index (χ2v) is 2.30. The molecule has 0 unspecified atom stereocenters. The van der Waals surface area contributed by atoms with Gasteiger partial charge in [0.15, 0.2) is 0 Å². The van der Waals surface area contributed by atoms with Crippen molar-refractivity contribution in [2.24, 2.45) is 5.73 Å². The van der Waals surface area contributed by atoms with Gasteiger partial charge in [0.25, 0.3) is 0 Å². The quantitative estimate of drug-likeness (QED) is 0.550. The number of rotatable bonds is 1. The van der Waals surface area contributed by atoms with E-state index in [1.54, 1.807) is 19.1 Å². The monoisotopic (exact) mass is 214 g/mol. The van der Waals surface area contributed by atoms with Crippen LogP contribution >= 0.6 is 0 Å². The Hall–Kier alpha value is -1.66. The van der Waals surface area contributed by atoms with Crippen LogP contribution in [0.1, 0.15) is 6.92 Å². The molecule has 2 aliphatic heterocycles. The van der Waals surface area contributed by atoms with Crippen molar-refractivity contribution in [1.82, 2.24) is 0 Å². The van der Waals surface area contributed by atoms with Crippen LogP contribution in [0.5, 0.6) is 11.5 Å². The van der Waals surface area contributed by atoms with Gasteiger partial charge >= 0.3 is 5.69 Å². The Balaban J connectivity index is 0.000000342. The SMILES string of the molecule is CCO.CN.O=[N+]([O-])c1ccc2cc1O2. The van der Waals surface area contributed by atoms with Gasteiger partial charge in [0.05, 0.1) is 4.92 Å². The summed E-state index contributed by atoms with van der Waals surface area (Å²) in [6, 6.07) is 4.65. The van der Waals surface area contributed by atoms with Crippen LogP contribution in [0.15, 0.2) is 18.2 Å². The molecule has 0 saturated carbocycles. The molecule has 6 nitrogen and oxygen atoms in total. The first-order chi connectivity index (χ1) is 7.19. The molecule has 2 aliphatic rings. The van der Waals surface area contributed by atoms with Gasteiger partial charge in [-0.15, -0.1) is 0 Å². The van der Waals surface area contributed by atoms with Crippen molar-refractivity contribution < 1.29 is 14.8 Å². The summed E-state index contributed by atoms with van der Waals surface area (Å²) in [5.74, 6) is 1.06. The van der Waals surface area contributed by atoms with Gasteiger partial charge < -0.3 is 15.6 Å². The number of fused-ring (bicyclic) bond motifs is 2. The molecule has 0 aliphatic carbocycles. The van der Waals surface area contributed by atoms with Gasteiger partial charge in [0, 0.05) is 18.7 Å². The molecule has 3 N–H and O–H groups in total. The zero-order valence-electron chi connectivity index (χ0n) is 8.64. The average molecular weight is 214 g/mol. The van der Waals surface area contributed by atoms with Crippen molar-refractivity contribution in [2.45, 2.75) is 6.92 Å². The van der Waals surface area contributed by atoms with Gasteiger partial charge in [-0.25, -0.2) is 0 Å². The third-order valence-corrected chi connectivity index (χ3v) is 1.36. The Morgan fingerprint density at radius 3 is 2.20 bits per heavy atom. The average Bonchev–Trinajstić information content (AvgIpc) is 2.21. The molecule has 0 amide bonds. The predicted molar refractivity (Wildman–Crippen MR) is 56.0 cm³/mol. The smallest absolute Gasteiger partial charge is 0.311 e. The lowest BCUT2D eigenvalue weighted by Crippen LogP contribution is -1.99. The van der Waals surface area contributed by atoms with Crippen LogP contribution < -0.4 is 10.5 Å². The highest BCUT2D eigenvalue weighted by atomic mass is 16.6. The highest BCUT2D eigenvalue weighted by molar-refractivity contribution is 5.58. The topological polar surface area (TPSA) is 98.6 Å². The minimum absolute atomic E-state index is 0.0370. The van der Waals surface area contributed by atoms with E-state index in [0.717, 1.165) is 0 Å². The number of nitro benzene ring substituents is 1. The van der Waals surface area contributed by atoms with Gasteiger partial charge in [-0.05, 0) is 20.0 Å². The number of nitro groups is 1. The Bertz CT molecular complexity index is 324. The van der Waals surface area contributed by atoms with Crippen molar-refractivity contribution in [3.05, 3.63) is 28.3 Å². The fourth-order valence-electron chi connectivity index (χ4n) is 0.859. The van der Waals surface area contributed by atoms with E-state index < -0.39 is 4.92 Å². The van der Waals surface area contributed by atoms with Crippen LogP contribution in [0.4, 0.5) is 5.69 Å². The van der Waals surface area contributed by atoms with Gasteiger partial charge in [-0.3, -0.25) is 10.1 Å². The molecular formula is C9H14N2O4. The zero-order valence-corrected chi connectivity index (χ0v) is 8.64. The van der Waals surface area contributed by atoms with Crippen molar-refractivity contribution in [3.8, 4) is 11.5 Å². The van der Waals surface area contributed by atoms with Gasteiger partial charge in [0.2, 0.25) is 5.75 Å². The molecule has 84 valence electrons. The standard InChI is InChI=1S/C6H3NO3.C2H6O.CH5N/c8-7(9)5-2-1-4-3-6(5)10-4;1-2-3;1-2/h1-3H;3H,2H2,1H3;2H2,1H3. The molecule has 0 aromatic heterocycles. The summed E-state index contributed by atoms with van der Waals surface area (Å²) in [5, 5.41) is 17.7. The maximum absolute atomic E-state index is 10.2. The van der Waals surface area contributed by atoms with Crippen molar-refractivity contribution in [3.63, 3.8) is 0 Å². The van der Waals surface area contributed by atoms with E-state index in [4.69, 9.17) is 9.84 Å². The van der Waals surface area contributed by atoms with Crippen LogP contribution in [0.25, 0.3) is 0 Å². The van der Waals surface area contributed by atoms with E-state index in [1.165, 1.54) is 13.1 Å². The number of benzene rings is 1. The number of aliphatic hydroxyl groups excluding tert-OH is 1. The molecule has 2 bridgehead atoms. The summed E-state index contributed by atoms with van der Waals surface area (Å²) < 4.78 is 4.86. The van der Waals surface area contributed by atoms with Crippen molar-refractivity contribution in [2.75, 3.05) is 13.7 Å². The fourth-order valence-corrected chi connectivity index (χ4v) is 0.859. The van der Waals surface area contributed by atoms with E-state index >= 15 is 0 Å². The number of ether oxygens (including phenoxy) is 1. The van der Waals surface area contributed by atoms with Crippen molar-refractivity contribution >= 4 is 5.69 Å². The minimum Gasteiger partial charge on any atom is -0.450 e. The summed E-state index contributed by atoms with van der Waals surface area (Å²) in [6.07, 6.45) is 0. The molecular weight excluding hydrogens is 200 g/mol. The summed E-state index contributed by atoms with van der Waals surface area (Å²) in [6.45, 7) is 1.93. The lowest BCUT2D eigenvalue weighted by atomic mass is 10.2. The molecule has 0 atom stereocenters. The lowest BCUT2D eigenvalue weighted by molar-refractivity contribution is -0.386. The second-order valence-electron chi connectivity index (χ2n) is 2.30. The highest BCUT2D eigenvalue weighted by Crippen LogP contribution is 2.42. The van der Waals surface area contributed by atoms with E-state index in [9.17, 15) is 10.1 Å². The number of nitrogens with two attached hydrogens (primary N) is 1. The first-order valence-corrected chi connectivity index (χ1v) is 4.34. The Morgan fingerprint density at radius 2 is 2.00 bits per heavy atom. The second kappa shape index (κ2) is 6.74. The zero-order chi connectivity index (χ0) is 11.8. The first-order valence-electron chi connectivity index (χ1n) is 4.34. The van der Waals surface area contributed by atoms with Crippen molar-refractivity contribution in [1.29, 1.82) is 0 Å². The van der Waals surface area contributed by atoms with Gasteiger partial charge in [-0.2, -0.15) is 0 Å². The Kier molecular flexibility index (Phi) is 6.00. The van der Waals surface area contributed by atoms with E-state index in [1.807, 2.05) is 0 Å². The molecule has 3 rings (SSSR count). The summed E-state index contributed by atoms with van der Waals surface area (Å²) >= 11 is 0. The summed E-state index contributed by atoms with van der Waals surface area (Å²) in [7, 11) is 1.50. The molecule has 1 aromatic carbocycles. The van der Waals surface area contributed by atoms with Gasteiger partial charge in [-0.1, -0.05) is 0 Å². The van der Waals surface area contributed by atoms with E-state index in [2.05, 4.69) is 5.73 Å². The molecule has 0 saturated heterocycles. The van der Waals surface area contributed by atoms with Crippen LogP contribution in [0, 0.1) is 10.1 Å². The highest BCUT2D eigenvalue weighted by Gasteiger charge is 2.23. The summed E-state index contributed by atoms with van der Waals surface area (Å²) in [5.41, 5.74) is 4.54. The van der Waals surface area contributed by atoms with E-state index in [0.29, 0.717) is 11.5 Å². The van der Waals surface area contributed by atoms with Gasteiger partial charge in [0.1, 0.15) is 5.75 Å². The fraction of sp³-hybridized carbons (Fsp3) is 0.333. The van der Waals surface area contributed by atoms with Crippen LogP contribution in [0.2, 0.25) is 0 Å². The van der Waals surface area contributed by atoms with Crippen LogP contribution in [-0.4, -0.2) is 23.7 Å². The molecule has 15 heavy (non-hydrogen) atoms. The third kappa shape index (κ3) is 3.53. The van der Waals surface area contributed by atoms with Crippen LogP contribution in [-0.2, 0) is 0 Å². The molecule has 2 heterocycles.